The average molecular weight is 979 g/mol. The van der Waals surface area contributed by atoms with E-state index in [1.807, 2.05) is 0 Å². The van der Waals surface area contributed by atoms with Crippen LogP contribution in [-0.2, 0) is 14.4 Å². The predicted molar refractivity (Wildman–Crippen MR) is 295 cm³/mol. The molecule has 0 bridgehead atoms. The molecule has 3 unspecified atom stereocenters. The van der Waals surface area contributed by atoms with Crippen LogP contribution in [0.15, 0.2) is 0 Å². The van der Waals surface area contributed by atoms with Gasteiger partial charge in [-0.1, -0.05) is 252 Å². The lowest BCUT2D eigenvalue weighted by Crippen LogP contribution is -2.49. The van der Waals surface area contributed by atoms with Gasteiger partial charge >= 0.3 is 0 Å². The van der Waals surface area contributed by atoms with Crippen LogP contribution in [0.5, 0.6) is 0 Å². The minimum atomic E-state index is -0.344. The van der Waals surface area contributed by atoms with Crippen molar-refractivity contribution >= 4 is 17.7 Å². The molecular weight excluding hydrogens is 859 g/mol. The van der Waals surface area contributed by atoms with Gasteiger partial charge in [0.05, 0.1) is 24.4 Å². The average Bonchev–Trinajstić information content (AvgIpc) is 3.33. The molecule has 0 fully saturated rings. The number of unbranched alkanes of at least 4 members (excludes halogenated alkanes) is 33. The maximum atomic E-state index is 13.0. The van der Waals surface area contributed by atoms with Crippen LogP contribution in [0.2, 0.25) is 0 Å². The van der Waals surface area contributed by atoms with Crippen molar-refractivity contribution in [3.05, 3.63) is 0 Å². The number of nitrogens with one attached hydrogen (secondary N) is 3. The first-order valence-electron chi connectivity index (χ1n) is 30.6. The molecule has 0 rings (SSSR count). The molecule has 0 radical (unpaired) electrons. The van der Waals surface area contributed by atoms with Gasteiger partial charge in [0.15, 0.2) is 0 Å². The van der Waals surface area contributed by atoms with Gasteiger partial charge in [0, 0.05) is 32.4 Å². The van der Waals surface area contributed by atoms with E-state index in [9.17, 15) is 29.7 Å². The van der Waals surface area contributed by atoms with Crippen LogP contribution in [0, 0.1) is 0 Å². The zero-order chi connectivity index (χ0) is 50.5. The van der Waals surface area contributed by atoms with Crippen molar-refractivity contribution in [2.75, 3.05) is 13.1 Å². The first kappa shape index (κ1) is 67.3. The first-order valence-corrected chi connectivity index (χ1v) is 30.6. The summed E-state index contributed by atoms with van der Waals surface area (Å²) in [6.45, 7) is 7.32. The number of amides is 3. The zero-order valence-electron chi connectivity index (χ0n) is 46.2. The van der Waals surface area contributed by atoms with E-state index >= 15 is 0 Å². The molecule has 0 spiro atoms. The quantitative estimate of drug-likeness (QED) is 0.0335. The fraction of sp³-hybridized carbons (Fsp3) is 0.950. The number of carbonyl (C=O) groups excluding carboxylic acids is 3. The Labute approximate surface area is 428 Å². The second-order valence-electron chi connectivity index (χ2n) is 21.5. The summed E-state index contributed by atoms with van der Waals surface area (Å²) in [5, 5.41) is 40.0. The fourth-order valence-electron chi connectivity index (χ4n) is 9.69. The van der Waals surface area contributed by atoms with E-state index in [1.54, 1.807) is 0 Å². The zero-order valence-corrected chi connectivity index (χ0v) is 46.2. The lowest BCUT2D eigenvalue weighted by molar-refractivity contribution is -0.124. The van der Waals surface area contributed by atoms with E-state index in [1.165, 1.54) is 154 Å². The maximum Gasteiger partial charge on any atom is 0.220 e. The molecule has 0 aliphatic heterocycles. The van der Waals surface area contributed by atoms with Gasteiger partial charge in [0.25, 0.3) is 0 Å². The van der Waals surface area contributed by atoms with Gasteiger partial charge in [-0.3, -0.25) is 14.4 Å². The molecule has 410 valence electrons. The van der Waals surface area contributed by atoms with Crippen molar-refractivity contribution in [1.82, 2.24) is 16.0 Å². The van der Waals surface area contributed by atoms with Crippen molar-refractivity contribution in [2.45, 2.75) is 353 Å². The Balaban J connectivity index is 4.41. The van der Waals surface area contributed by atoms with Crippen LogP contribution < -0.4 is 16.0 Å². The van der Waals surface area contributed by atoms with Crippen molar-refractivity contribution < 1.29 is 29.7 Å². The monoisotopic (exact) mass is 978 g/mol. The van der Waals surface area contributed by atoms with Gasteiger partial charge in [-0.2, -0.15) is 0 Å². The molecule has 3 amide bonds. The molecule has 0 aromatic rings. The van der Waals surface area contributed by atoms with Crippen molar-refractivity contribution in [3.63, 3.8) is 0 Å². The third-order valence-electron chi connectivity index (χ3n) is 14.5. The summed E-state index contributed by atoms with van der Waals surface area (Å²) in [4.78, 5) is 38.7. The van der Waals surface area contributed by atoms with E-state index < -0.39 is 0 Å². The third kappa shape index (κ3) is 52.4. The molecular formula is C60H119N3O6. The van der Waals surface area contributed by atoms with Crippen molar-refractivity contribution in [2.24, 2.45) is 0 Å². The molecule has 9 nitrogen and oxygen atoms in total. The van der Waals surface area contributed by atoms with Gasteiger partial charge in [-0.15, -0.1) is 0 Å². The van der Waals surface area contributed by atoms with E-state index in [-0.39, 0.29) is 42.1 Å². The minimum Gasteiger partial charge on any atom is -0.393 e. The molecule has 69 heavy (non-hydrogen) atoms. The highest BCUT2D eigenvalue weighted by Gasteiger charge is 2.16. The number of carbonyl (C=O) groups is 3. The van der Waals surface area contributed by atoms with E-state index in [0.29, 0.717) is 32.4 Å². The molecule has 3 atom stereocenters. The second-order valence-corrected chi connectivity index (χ2v) is 21.5. The number of hydrogen-bond acceptors (Lipinski definition) is 6. The minimum absolute atomic E-state index is 0.00392. The Morgan fingerprint density at radius 3 is 0.739 bits per heavy atom. The summed E-state index contributed by atoms with van der Waals surface area (Å²) < 4.78 is 0. The summed E-state index contributed by atoms with van der Waals surface area (Å²) in [5.74, 6) is -0.0103. The molecule has 0 aromatic heterocycles. The summed E-state index contributed by atoms with van der Waals surface area (Å²) in [7, 11) is 0. The SMILES string of the molecule is CCCCCCCC(O)CCCCCCCCCCC(=O)NCC(CNC(=O)CCCCCCCCCCC(O)CCCCCCC)NC(=O)CCCCCCCCCCC(O)CCCCCCC. The Morgan fingerprint density at radius 2 is 0.493 bits per heavy atom. The van der Waals surface area contributed by atoms with Crippen LogP contribution in [-0.4, -0.2) is 70.5 Å². The van der Waals surface area contributed by atoms with Crippen LogP contribution in [0.25, 0.3) is 0 Å². The van der Waals surface area contributed by atoms with Crippen molar-refractivity contribution in [3.8, 4) is 0 Å². The number of aliphatic hydroxyl groups excluding tert-OH is 3. The number of aliphatic hydroxyl groups is 3. The van der Waals surface area contributed by atoms with Crippen LogP contribution in [0.1, 0.15) is 329 Å². The Hall–Kier alpha value is -1.71. The fourth-order valence-corrected chi connectivity index (χ4v) is 9.69. The summed E-state index contributed by atoms with van der Waals surface area (Å²) in [5.41, 5.74) is 0. The van der Waals surface area contributed by atoms with Crippen LogP contribution in [0.3, 0.4) is 0 Å². The van der Waals surface area contributed by atoms with E-state index in [0.717, 1.165) is 135 Å². The van der Waals surface area contributed by atoms with Gasteiger partial charge in [0.2, 0.25) is 17.7 Å². The van der Waals surface area contributed by atoms with Gasteiger partial charge in [0.1, 0.15) is 0 Å². The second kappa shape index (κ2) is 54.1. The lowest BCUT2D eigenvalue weighted by atomic mass is 10.0. The van der Waals surface area contributed by atoms with Gasteiger partial charge in [-0.05, 0) is 57.8 Å². The summed E-state index contributed by atoms with van der Waals surface area (Å²) >= 11 is 0. The standard InChI is InChI=1S/C60H119N3O6/c1-4-7-10-25-34-43-55(64)46-37-28-19-13-16-22-31-40-49-58(67)61-52-54(63-60(69)51-42-33-24-18-15-21-30-39-48-57(66)45-36-27-12-9-6-3)53-62-59(68)50-41-32-23-17-14-20-29-38-47-56(65)44-35-26-11-8-5-2/h54-57,64-66H,4-53H2,1-3H3,(H,61,67)(H,62,68)(H,63,69). The molecule has 0 saturated heterocycles. The number of hydrogen-bond donors (Lipinski definition) is 6. The normalized spacial score (nSPS) is 13.3. The Morgan fingerprint density at radius 1 is 0.290 bits per heavy atom. The number of rotatable bonds is 56. The largest absolute Gasteiger partial charge is 0.393 e. The highest BCUT2D eigenvalue weighted by molar-refractivity contribution is 5.78. The Kier molecular flexibility index (Phi) is 52.7. The third-order valence-corrected chi connectivity index (χ3v) is 14.5. The topological polar surface area (TPSA) is 148 Å². The maximum absolute atomic E-state index is 13.0. The van der Waals surface area contributed by atoms with Gasteiger partial charge in [-0.25, -0.2) is 0 Å². The summed E-state index contributed by atoms with van der Waals surface area (Å²) in [6.07, 6.45) is 52.2. The van der Waals surface area contributed by atoms with E-state index in [4.69, 9.17) is 0 Å². The summed E-state index contributed by atoms with van der Waals surface area (Å²) in [6, 6.07) is -0.344. The molecule has 0 aliphatic rings. The smallest absolute Gasteiger partial charge is 0.220 e. The van der Waals surface area contributed by atoms with E-state index in [2.05, 4.69) is 36.7 Å². The lowest BCUT2D eigenvalue weighted by Gasteiger charge is -2.20. The molecule has 0 saturated carbocycles. The predicted octanol–water partition coefficient (Wildman–Crippen LogP) is 15.6. The first-order chi connectivity index (χ1) is 33.7. The molecule has 9 heteroatoms. The highest BCUT2D eigenvalue weighted by atomic mass is 16.3. The molecule has 0 aliphatic carbocycles. The van der Waals surface area contributed by atoms with Crippen LogP contribution >= 0.6 is 0 Å². The van der Waals surface area contributed by atoms with Crippen LogP contribution in [0.4, 0.5) is 0 Å². The molecule has 0 aromatic carbocycles. The molecule has 6 N–H and O–H groups in total. The Bertz CT molecular complexity index is 1040. The van der Waals surface area contributed by atoms with Gasteiger partial charge < -0.3 is 31.3 Å². The van der Waals surface area contributed by atoms with Crippen molar-refractivity contribution in [1.29, 1.82) is 0 Å². The highest BCUT2D eigenvalue weighted by Crippen LogP contribution is 2.18. The molecule has 0 heterocycles.